The average Bonchev–Trinajstić information content (AvgIpc) is 3.33. The van der Waals surface area contributed by atoms with E-state index in [0.29, 0.717) is 11.3 Å². The van der Waals surface area contributed by atoms with Crippen molar-refractivity contribution in [1.29, 1.82) is 0 Å². The summed E-state index contributed by atoms with van der Waals surface area (Å²) in [5.41, 5.74) is 1.63. The smallest absolute Gasteiger partial charge is 0.222 e. The summed E-state index contributed by atoms with van der Waals surface area (Å²) in [6.07, 6.45) is 8.10. The highest BCUT2D eigenvalue weighted by Gasteiger charge is 2.42. The third kappa shape index (κ3) is 3.92. The van der Waals surface area contributed by atoms with Gasteiger partial charge in [0.15, 0.2) is 0 Å². The van der Waals surface area contributed by atoms with Gasteiger partial charge in [-0.2, -0.15) is 0 Å². The molecule has 1 amide bonds. The molecule has 1 spiro atoms. The van der Waals surface area contributed by atoms with Gasteiger partial charge in [-0.3, -0.25) is 9.69 Å². The van der Waals surface area contributed by atoms with Gasteiger partial charge in [-0.25, -0.2) is 4.98 Å². The standard InChI is InChI=1S/C20H31N3OS/c1-3-17-18(25-15(2)21-17)12-22-10-4-8-20(13-22)9-7-19(24)23(14-20)11-16-5-6-16/h16H,3-14H2,1-2H3. The van der Waals surface area contributed by atoms with Crippen molar-refractivity contribution in [2.24, 2.45) is 11.3 Å². The maximum Gasteiger partial charge on any atom is 0.222 e. The predicted octanol–water partition coefficient (Wildman–Crippen LogP) is 3.63. The second-order valence-electron chi connectivity index (χ2n) is 8.49. The molecule has 2 saturated heterocycles. The first kappa shape index (κ1) is 17.5. The molecule has 1 aliphatic carbocycles. The topological polar surface area (TPSA) is 36.4 Å². The molecule has 0 radical (unpaired) electrons. The van der Waals surface area contributed by atoms with Crippen LogP contribution in [0.25, 0.3) is 0 Å². The van der Waals surface area contributed by atoms with Crippen LogP contribution in [-0.4, -0.2) is 46.9 Å². The van der Waals surface area contributed by atoms with Crippen molar-refractivity contribution in [1.82, 2.24) is 14.8 Å². The summed E-state index contributed by atoms with van der Waals surface area (Å²) >= 11 is 1.87. The van der Waals surface area contributed by atoms with Crippen LogP contribution in [0, 0.1) is 18.3 Å². The highest BCUT2D eigenvalue weighted by atomic mass is 32.1. The lowest BCUT2D eigenvalue weighted by Crippen LogP contribution is -2.54. The van der Waals surface area contributed by atoms with Crippen molar-refractivity contribution in [3.05, 3.63) is 15.6 Å². The molecular formula is C20H31N3OS. The Labute approximate surface area is 155 Å². The predicted molar refractivity (Wildman–Crippen MR) is 102 cm³/mol. The number of nitrogens with zero attached hydrogens (tertiary/aromatic N) is 3. The lowest BCUT2D eigenvalue weighted by molar-refractivity contribution is -0.139. The molecular weight excluding hydrogens is 330 g/mol. The number of aromatic nitrogens is 1. The summed E-state index contributed by atoms with van der Waals surface area (Å²) in [6, 6.07) is 0. The Morgan fingerprint density at radius 3 is 2.88 bits per heavy atom. The van der Waals surface area contributed by atoms with Gasteiger partial charge in [-0.15, -0.1) is 11.3 Å². The fourth-order valence-electron chi connectivity index (χ4n) is 4.77. The van der Waals surface area contributed by atoms with Gasteiger partial charge in [0, 0.05) is 42.9 Å². The van der Waals surface area contributed by atoms with Crippen LogP contribution >= 0.6 is 11.3 Å². The number of carbonyl (C=O) groups is 1. The summed E-state index contributed by atoms with van der Waals surface area (Å²) < 4.78 is 0. The Kier molecular flexibility index (Phi) is 4.89. The lowest BCUT2D eigenvalue weighted by atomic mass is 9.73. The molecule has 2 aliphatic heterocycles. The van der Waals surface area contributed by atoms with Gasteiger partial charge < -0.3 is 4.90 Å². The molecule has 4 nitrogen and oxygen atoms in total. The second kappa shape index (κ2) is 6.99. The molecule has 3 fully saturated rings. The normalized spacial score (nSPS) is 28.1. The zero-order valence-corrected chi connectivity index (χ0v) is 16.5. The number of likely N-dealkylation sites (tertiary alicyclic amines) is 2. The second-order valence-corrected chi connectivity index (χ2v) is 9.78. The first-order valence-electron chi connectivity index (χ1n) is 10.0. The molecule has 1 atom stereocenters. The van der Waals surface area contributed by atoms with Gasteiger partial charge in [0.05, 0.1) is 10.7 Å². The van der Waals surface area contributed by atoms with Crippen LogP contribution in [0.3, 0.4) is 0 Å². The van der Waals surface area contributed by atoms with Gasteiger partial charge in [0.25, 0.3) is 0 Å². The Bertz CT molecular complexity index is 639. The third-order valence-electron chi connectivity index (χ3n) is 6.25. The molecule has 0 aromatic carbocycles. The van der Waals surface area contributed by atoms with E-state index in [2.05, 4.69) is 23.6 Å². The van der Waals surface area contributed by atoms with Crippen LogP contribution in [0.5, 0.6) is 0 Å². The highest BCUT2D eigenvalue weighted by Crippen LogP contribution is 2.41. The summed E-state index contributed by atoms with van der Waals surface area (Å²) in [5.74, 6) is 1.20. The fourth-order valence-corrected chi connectivity index (χ4v) is 5.84. The summed E-state index contributed by atoms with van der Waals surface area (Å²) in [5, 5.41) is 1.19. The van der Waals surface area contributed by atoms with Gasteiger partial charge in [0.1, 0.15) is 0 Å². The first-order chi connectivity index (χ1) is 12.1. The number of amides is 1. The van der Waals surface area contributed by atoms with Crippen molar-refractivity contribution in [3.8, 4) is 0 Å². The number of carbonyl (C=O) groups excluding carboxylic acids is 1. The summed E-state index contributed by atoms with van der Waals surface area (Å²) in [4.78, 5) is 23.4. The van der Waals surface area contributed by atoms with Gasteiger partial charge in [0.2, 0.25) is 5.91 Å². The monoisotopic (exact) mass is 361 g/mol. The summed E-state index contributed by atoms with van der Waals surface area (Å²) in [7, 11) is 0. The number of piperidine rings is 2. The van der Waals surface area contributed by atoms with Crippen LogP contribution in [0.1, 0.15) is 61.0 Å². The highest BCUT2D eigenvalue weighted by molar-refractivity contribution is 7.11. The molecule has 1 aromatic rings. The Hall–Kier alpha value is -0.940. The molecule has 3 heterocycles. The minimum atomic E-state index is 0.340. The molecule has 3 aliphatic rings. The van der Waals surface area contributed by atoms with Crippen molar-refractivity contribution in [2.45, 2.75) is 65.3 Å². The zero-order chi connectivity index (χ0) is 17.4. The van der Waals surface area contributed by atoms with Crippen LogP contribution in [0.15, 0.2) is 0 Å². The Morgan fingerprint density at radius 2 is 2.12 bits per heavy atom. The Balaban J connectivity index is 1.43. The first-order valence-corrected chi connectivity index (χ1v) is 10.8. The minimum Gasteiger partial charge on any atom is -0.342 e. The van der Waals surface area contributed by atoms with E-state index in [1.807, 2.05) is 11.3 Å². The number of hydrogen-bond acceptors (Lipinski definition) is 4. The van der Waals surface area contributed by atoms with Crippen molar-refractivity contribution >= 4 is 17.2 Å². The SMILES string of the molecule is CCc1nc(C)sc1CN1CCCC2(CCC(=O)N(CC3CC3)C2)C1. The quantitative estimate of drug-likeness (QED) is 0.803. The lowest BCUT2D eigenvalue weighted by Gasteiger charge is -2.48. The van der Waals surface area contributed by atoms with E-state index in [9.17, 15) is 4.79 Å². The largest absolute Gasteiger partial charge is 0.342 e. The van der Waals surface area contributed by atoms with E-state index < -0.39 is 0 Å². The molecule has 1 saturated carbocycles. The van der Waals surface area contributed by atoms with E-state index >= 15 is 0 Å². The van der Waals surface area contributed by atoms with E-state index in [1.165, 1.54) is 47.8 Å². The molecule has 5 heteroatoms. The maximum atomic E-state index is 12.3. The average molecular weight is 362 g/mol. The molecule has 0 N–H and O–H groups in total. The van der Waals surface area contributed by atoms with E-state index in [4.69, 9.17) is 4.98 Å². The number of thiazole rings is 1. The maximum absolute atomic E-state index is 12.3. The van der Waals surface area contributed by atoms with Crippen molar-refractivity contribution in [3.63, 3.8) is 0 Å². The van der Waals surface area contributed by atoms with Gasteiger partial charge in [-0.1, -0.05) is 6.92 Å². The van der Waals surface area contributed by atoms with Crippen molar-refractivity contribution < 1.29 is 4.79 Å². The number of aryl methyl sites for hydroxylation is 2. The molecule has 4 rings (SSSR count). The number of rotatable bonds is 5. The van der Waals surface area contributed by atoms with Crippen molar-refractivity contribution in [2.75, 3.05) is 26.2 Å². The van der Waals surface area contributed by atoms with Gasteiger partial charge >= 0.3 is 0 Å². The molecule has 1 aromatic heterocycles. The molecule has 138 valence electrons. The van der Waals surface area contributed by atoms with E-state index in [0.717, 1.165) is 51.4 Å². The fraction of sp³-hybridized carbons (Fsp3) is 0.800. The Morgan fingerprint density at radius 1 is 1.28 bits per heavy atom. The van der Waals surface area contributed by atoms with Crippen LogP contribution < -0.4 is 0 Å². The van der Waals surface area contributed by atoms with Crippen LogP contribution in [-0.2, 0) is 17.8 Å². The molecule has 25 heavy (non-hydrogen) atoms. The molecule has 1 unspecified atom stereocenters. The van der Waals surface area contributed by atoms with E-state index in [1.54, 1.807) is 0 Å². The zero-order valence-electron chi connectivity index (χ0n) is 15.7. The van der Waals surface area contributed by atoms with E-state index in [-0.39, 0.29) is 0 Å². The third-order valence-corrected chi connectivity index (χ3v) is 7.25. The number of hydrogen-bond donors (Lipinski definition) is 0. The minimum absolute atomic E-state index is 0.340. The summed E-state index contributed by atoms with van der Waals surface area (Å²) in [6.45, 7) is 9.74. The van der Waals surface area contributed by atoms with Crippen LogP contribution in [0.4, 0.5) is 0 Å². The molecule has 0 bridgehead atoms. The van der Waals surface area contributed by atoms with Gasteiger partial charge in [-0.05, 0) is 57.9 Å². The van der Waals surface area contributed by atoms with Crippen LogP contribution in [0.2, 0.25) is 0 Å².